The lowest BCUT2D eigenvalue weighted by atomic mass is 10.1. The SMILES string of the molecule is O=C(O)c1ccc([N+](=O)[O-])c2nc[nH]c12. The third kappa shape index (κ3) is 1.30. The predicted octanol–water partition coefficient (Wildman–Crippen LogP) is 1.17. The number of fused-ring (bicyclic) bond motifs is 1. The van der Waals surface area contributed by atoms with Crippen molar-refractivity contribution < 1.29 is 14.8 Å². The fourth-order valence-corrected chi connectivity index (χ4v) is 1.34. The Morgan fingerprint density at radius 3 is 2.87 bits per heavy atom. The van der Waals surface area contributed by atoms with Crippen molar-refractivity contribution >= 4 is 22.7 Å². The number of hydrogen-bond donors (Lipinski definition) is 2. The summed E-state index contributed by atoms with van der Waals surface area (Å²) in [6.45, 7) is 0. The number of aromatic nitrogens is 2. The van der Waals surface area contributed by atoms with E-state index in [0.29, 0.717) is 0 Å². The maximum absolute atomic E-state index is 10.8. The summed E-state index contributed by atoms with van der Waals surface area (Å²) in [6, 6.07) is 2.31. The van der Waals surface area contributed by atoms with Gasteiger partial charge in [-0.15, -0.1) is 0 Å². The van der Waals surface area contributed by atoms with Crippen LogP contribution >= 0.6 is 0 Å². The third-order valence-corrected chi connectivity index (χ3v) is 1.99. The second kappa shape index (κ2) is 3.05. The zero-order valence-electron chi connectivity index (χ0n) is 7.30. The number of nitro benzene ring substituents is 1. The largest absolute Gasteiger partial charge is 0.478 e. The first-order valence-corrected chi connectivity index (χ1v) is 3.95. The number of non-ortho nitro benzene ring substituents is 1. The van der Waals surface area contributed by atoms with E-state index in [1.807, 2.05) is 0 Å². The van der Waals surface area contributed by atoms with Crippen LogP contribution < -0.4 is 0 Å². The topological polar surface area (TPSA) is 109 Å². The smallest absolute Gasteiger partial charge is 0.337 e. The summed E-state index contributed by atoms with van der Waals surface area (Å²) in [6.07, 6.45) is 1.23. The van der Waals surface area contributed by atoms with E-state index in [0.717, 1.165) is 6.07 Å². The van der Waals surface area contributed by atoms with Gasteiger partial charge < -0.3 is 10.1 Å². The molecule has 1 aromatic carbocycles. The van der Waals surface area contributed by atoms with Gasteiger partial charge in [0.1, 0.15) is 0 Å². The maximum atomic E-state index is 10.8. The molecule has 0 aliphatic heterocycles. The molecule has 1 aromatic heterocycles. The molecular formula is C8H5N3O4. The van der Waals surface area contributed by atoms with E-state index in [-0.39, 0.29) is 22.3 Å². The Balaban J connectivity index is 2.82. The molecule has 0 radical (unpaired) electrons. The summed E-state index contributed by atoms with van der Waals surface area (Å²) < 4.78 is 0. The van der Waals surface area contributed by atoms with Crippen molar-refractivity contribution in [2.24, 2.45) is 0 Å². The lowest BCUT2D eigenvalue weighted by Crippen LogP contribution is -1.99. The Morgan fingerprint density at radius 1 is 1.53 bits per heavy atom. The average Bonchev–Trinajstić information content (AvgIpc) is 2.63. The molecule has 0 bridgehead atoms. The Kier molecular flexibility index (Phi) is 1.86. The van der Waals surface area contributed by atoms with Gasteiger partial charge in [-0.3, -0.25) is 10.1 Å². The number of carboxylic acids is 1. The molecule has 15 heavy (non-hydrogen) atoms. The molecular weight excluding hydrogens is 202 g/mol. The fraction of sp³-hybridized carbons (Fsp3) is 0. The first-order chi connectivity index (χ1) is 7.11. The number of nitro groups is 1. The van der Waals surface area contributed by atoms with Crippen LogP contribution in [0.5, 0.6) is 0 Å². The number of nitrogens with zero attached hydrogens (tertiary/aromatic N) is 2. The molecule has 0 spiro atoms. The number of H-pyrrole nitrogens is 1. The van der Waals surface area contributed by atoms with Crippen LogP contribution in [0.15, 0.2) is 18.5 Å². The lowest BCUT2D eigenvalue weighted by molar-refractivity contribution is -0.383. The molecule has 0 aliphatic carbocycles. The van der Waals surface area contributed by atoms with E-state index >= 15 is 0 Å². The highest BCUT2D eigenvalue weighted by Gasteiger charge is 2.19. The van der Waals surface area contributed by atoms with Gasteiger partial charge in [0.15, 0.2) is 5.52 Å². The summed E-state index contributed by atoms with van der Waals surface area (Å²) in [5.41, 5.74) is -0.0269. The number of aromatic amines is 1. The second-order valence-corrected chi connectivity index (χ2v) is 2.82. The highest BCUT2D eigenvalue weighted by molar-refractivity contribution is 6.03. The first-order valence-electron chi connectivity index (χ1n) is 3.95. The van der Waals surface area contributed by atoms with Crippen molar-refractivity contribution in [3.8, 4) is 0 Å². The van der Waals surface area contributed by atoms with Crippen molar-refractivity contribution in [2.45, 2.75) is 0 Å². The molecule has 0 atom stereocenters. The normalized spacial score (nSPS) is 10.4. The van der Waals surface area contributed by atoms with Gasteiger partial charge >= 0.3 is 5.97 Å². The zero-order chi connectivity index (χ0) is 11.0. The van der Waals surface area contributed by atoms with Gasteiger partial charge in [0.2, 0.25) is 0 Å². The Hall–Kier alpha value is -2.44. The van der Waals surface area contributed by atoms with Gasteiger partial charge in [-0.1, -0.05) is 0 Å². The number of carboxylic acid groups (broad SMARTS) is 1. The van der Waals surface area contributed by atoms with Crippen LogP contribution in [-0.2, 0) is 0 Å². The van der Waals surface area contributed by atoms with Crippen LogP contribution in [0.2, 0.25) is 0 Å². The number of rotatable bonds is 2. The van der Waals surface area contributed by atoms with Crippen LogP contribution in [0.4, 0.5) is 5.69 Å². The van der Waals surface area contributed by atoms with Crippen LogP contribution in [-0.4, -0.2) is 26.0 Å². The Bertz CT molecular complexity index is 512. The number of nitrogens with one attached hydrogen (secondary N) is 1. The lowest BCUT2D eigenvalue weighted by Gasteiger charge is -1.96. The van der Waals surface area contributed by atoms with E-state index in [4.69, 9.17) is 5.11 Å². The summed E-state index contributed by atoms with van der Waals surface area (Å²) in [5.74, 6) is -1.15. The van der Waals surface area contributed by atoms with Gasteiger partial charge in [-0.05, 0) is 6.07 Å². The molecule has 7 nitrogen and oxygen atoms in total. The highest BCUT2D eigenvalue weighted by Crippen LogP contribution is 2.25. The first kappa shape index (κ1) is 9.13. The van der Waals surface area contributed by atoms with Gasteiger partial charge in [-0.2, -0.15) is 0 Å². The number of benzene rings is 1. The minimum Gasteiger partial charge on any atom is -0.478 e. The third-order valence-electron chi connectivity index (χ3n) is 1.99. The van der Waals surface area contributed by atoms with Gasteiger partial charge in [0, 0.05) is 6.07 Å². The summed E-state index contributed by atoms with van der Waals surface area (Å²) in [7, 11) is 0. The molecule has 0 amide bonds. The Morgan fingerprint density at radius 2 is 2.27 bits per heavy atom. The summed E-state index contributed by atoms with van der Waals surface area (Å²) in [5, 5.41) is 19.4. The number of hydrogen-bond acceptors (Lipinski definition) is 4. The van der Waals surface area contributed by atoms with E-state index in [1.165, 1.54) is 12.4 Å². The van der Waals surface area contributed by atoms with Crippen molar-refractivity contribution in [3.63, 3.8) is 0 Å². The van der Waals surface area contributed by atoms with Gasteiger partial charge in [0.25, 0.3) is 5.69 Å². The number of carbonyl (C=O) groups is 1. The molecule has 7 heteroatoms. The fourth-order valence-electron chi connectivity index (χ4n) is 1.34. The minimum absolute atomic E-state index is 0.0342. The van der Waals surface area contributed by atoms with E-state index in [1.54, 1.807) is 0 Å². The minimum atomic E-state index is -1.15. The summed E-state index contributed by atoms with van der Waals surface area (Å²) in [4.78, 5) is 27.1. The van der Waals surface area contributed by atoms with Crippen molar-refractivity contribution in [1.29, 1.82) is 0 Å². The molecule has 0 saturated carbocycles. The van der Waals surface area contributed by atoms with Gasteiger partial charge in [0.05, 0.1) is 22.3 Å². The molecule has 0 aliphatic rings. The van der Waals surface area contributed by atoms with Crippen molar-refractivity contribution in [2.75, 3.05) is 0 Å². The monoisotopic (exact) mass is 207 g/mol. The molecule has 76 valence electrons. The second-order valence-electron chi connectivity index (χ2n) is 2.82. The highest BCUT2D eigenvalue weighted by atomic mass is 16.6. The summed E-state index contributed by atoms with van der Waals surface area (Å²) >= 11 is 0. The van der Waals surface area contributed by atoms with E-state index < -0.39 is 10.9 Å². The molecule has 0 fully saturated rings. The van der Waals surface area contributed by atoms with Gasteiger partial charge in [-0.25, -0.2) is 9.78 Å². The molecule has 0 unspecified atom stereocenters. The van der Waals surface area contributed by atoms with E-state index in [9.17, 15) is 14.9 Å². The number of aromatic carboxylic acids is 1. The molecule has 0 saturated heterocycles. The van der Waals surface area contributed by atoms with Crippen LogP contribution in [0, 0.1) is 10.1 Å². The zero-order valence-corrected chi connectivity index (χ0v) is 7.30. The van der Waals surface area contributed by atoms with Crippen molar-refractivity contribution in [1.82, 2.24) is 9.97 Å². The number of imidazole rings is 1. The molecule has 2 rings (SSSR count). The quantitative estimate of drug-likeness (QED) is 0.567. The average molecular weight is 207 g/mol. The maximum Gasteiger partial charge on any atom is 0.337 e. The predicted molar refractivity (Wildman–Crippen MR) is 49.7 cm³/mol. The molecule has 1 heterocycles. The standard InChI is InChI=1S/C8H5N3O4/c12-8(13)4-1-2-5(11(14)15)7-6(4)9-3-10-7/h1-3H,(H,9,10)(H,12,13). The Labute approximate surface area is 82.5 Å². The van der Waals surface area contributed by atoms with Crippen LogP contribution in [0.1, 0.15) is 10.4 Å². The van der Waals surface area contributed by atoms with Crippen LogP contribution in [0.3, 0.4) is 0 Å². The van der Waals surface area contributed by atoms with Crippen molar-refractivity contribution in [3.05, 3.63) is 34.1 Å². The molecule has 2 aromatic rings. The molecule has 2 N–H and O–H groups in total. The van der Waals surface area contributed by atoms with E-state index in [2.05, 4.69) is 9.97 Å². The van der Waals surface area contributed by atoms with Crippen LogP contribution in [0.25, 0.3) is 11.0 Å².